The zero-order valence-corrected chi connectivity index (χ0v) is 10.3. The van der Waals surface area contributed by atoms with Gasteiger partial charge >= 0.3 is 0 Å². The molecule has 0 atom stereocenters. The summed E-state index contributed by atoms with van der Waals surface area (Å²) in [5.41, 5.74) is 6.36. The van der Waals surface area contributed by atoms with Gasteiger partial charge in [-0.2, -0.15) is 0 Å². The van der Waals surface area contributed by atoms with Gasteiger partial charge in [0.2, 0.25) is 5.78 Å². The third kappa shape index (κ3) is 2.10. The molecule has 0 aliphatic carbocycles. The van der Waals surface area contributed by atoms with Crippen molar-refractivity contribution >= 4 is 34.7 Å². The second-order valence-corrected chi connectivity index (χ2v) is 5.15. The van der Waals surface area contributed by atoms with Gasteiger partial charge in [0.1, 0.15) is 10.7 Å². The van der Waals surface area contributed by atoms with Crippen LogP contribution in [0.1, 0.15) is 15.2 Å². The summed E-state index contributed by atoms with van der Waals surface area (Å²) in [6, 6.07) is 9.10. The second-order valence-electron chi connectivity index (χ2n) is 3.09. The molecule has 1 aromatic heterocycles. The number of carbonyl (C=O) groups is 1. The Morgan fingerprint density at radius 3 is 2.62 bits per heavy atom. The number of rotatable bonds is 3. The van der Waals surface area contributed by atoms with Gasteiger partial charge in [-0.25, -0.2) is 4.98 Å². The van der Waals surface area contributed by atoms with Gasteiger partial charge in [0.05, 0.1) is 0 Å². The molecule has 0 spiro atoms. The fourth-order valence-electron chi connectivity index (χ4n) is 1.28. The molecule has 0 amide bonds. The largest absolute Gasteiger partial charge is 0.382 e. The van der Waals surface area contributed by atoms with E-state index in [1.165, 1.54) is 23.1 Å². The van der Waals surface area contributed by atoms with Crippen molar-refractivity contribution in [3.05, 3.63) is 40.8 Å². The summed E-state index contributed by atoms with van der Waals surface area (Å²) in [6.45, 7) is 0. The number of nitrogens with zero attached hydrogens (tertiary/aromatic N) is 1. The lowest BCUT2D eigenvalue weighted by Crippen LogP contribution is -2.02. The van der Waals surface area contributed by atoms with Gasteiger partial charge in [-0.3, -0.25) is 4.79 Å². The Hall–Kier alpha value is -1.33. The Morgan fingerprint density at radius 2 is 2.06 bits per heavy atom. The van der Waals surface area contributed by atoms with Crippen LogP contribution in [0.3, 0.4) is 0 Å². The molecule has 1 aromatic carbocycles. The third-order valence-corrected chi connectivity index (χ3v) is 4.11. The number of aromatic nitrogens is 1. The van der Waals surface area contributed by atoms with Crippen LogP contribution in [0.25, 0.3) is 0 Å². The summed E-state index contributed by atoms with van der Waals surface area (Å²) in [4.78, 5) is 16.7. The van der Waals surface area contributed by atoms with E-state index in [2.05, 4.69) is 4.98 Å². The number of hydrogen-bond acceptors (Lipinski definition) is 5. The monoisotopic (exact) mass is 250 g/mol. The minimum Gasteiger partial charge on any atom is -0.382 e. The maximum atomic E-state index is 12.1. The number of thioether (sulfide) groups is 1. The number of thiazole rings is 1. The fourth-order valence-corrected chi connectivity index (χ4v) is 2.73. The highest BCUT2D eigenvalue weighted by Gasteiger charge is 2.17. The standard InChI is InChI=1S/C11H10N2OS2/c1-15-11-13-10(12)9(16-11)8(14)7-5-3-2-4-6-7/h2-6H,12H2,1H3. The Labute approximate surface area is 102 Å². The van der Waals surface area contributed by atoms with E-state index in [1.807, 2.05) is 24.5 Å². The molecule has 0 radical (unpaired) electrons. The highest BCUT2D eigenvalue weighted by molar-refractivity contribution is 8.00. The van der Waals surface area contributed by atoms with Crippen LogP contribution in [0, 0.1) is 0 Å². The van der Waals surface area contributed by atoms with E-state index in [-0.39, 0.29) is 5.78 Å². The first-order valence-electron chi connectivity index (χ1n) is 4.62. The fraction of sp³-hybridized carbons (Fsp3) is 0.0909. The number of hydrogen-bond donors (Lipinski definition) is 1. The first kappa shape index (κ1) is 11.2. The molecule has 5 heteroatoms. The van der Waals surface area contributed by atoms with Crippen molar-refractivity contribution in [2.45, 2.75) is 4.34 Å². The smallest absolute Gasteiger partial charge is 0.206 e. The molecular weight excluding hydrogens is 240 g/mol. The molecule has 1 heterocycles. The molecule has 2 aromatic rings. The molecule has 2 N–H and O–H groups in total. The molecule has 0 fully saturated rings. The van der Waals surface area contributed by atoms with Crippen LogP contribution < -0.4 is 5.73 Å². The molecule has 3 nitrogen and oxygen atoms in total. The Balaban J connectivity index is 2.38. The van der Waals surface area contributed by atoms with Crippen LogP contribution >= 0.6 is 23.1 Å². The van der Waals surface area contributed by atoms with Crippen molar-refractivity contribution in [3.8, 4) is 0 Å². The van der Waals surface area contributed by atoms with Gasteiger partial charge in [0, 0.05) is 5.56 Å². The van der Waals surface area contributed by atoms with Crippen molar-refractivity contribution in [1.82, 2.24) is 4.98 Å². The van der Waals surface area contributed by atoms with Crippen molar-refractivity contribution < 1.29 is 4.79 Å². The van der Waals surface area contributed by atoms with Crippen LogP contribution in [-0.2, 0) is 0 Å². The molecule has 0 aliphatic heterocycles. The van der Waals surface area contributed by atoms with E-state index in [0.29, 0.717) is 16.3 Å². The zero-order chi connectivity index (χ0) is 11.5. The van der Waals surface area contributed by atoms with Gasteiger partial charge in [0.25, 0.3) is 0 Å². The number of nitrogen functional groups attached to an aromatic ring is 1. The molecule has 0 unspecified atom stereocenters. The quantitative estimate of drug-likeness (QED) is 0.672. The van der Waals surface area contributed by atoms with Gasteiger partial charge in [-0.1, -0.05) is 42.1 Å². The Bertz CT molecular complexity index is 508. The number of ketones is 1. The summed E-state index contributed by atoms with van der Waals surface area (Å²) in [5.74, 6) is 0.263. The van der Waals surface area contributed by atoms with Crippen LogP contribution in [0.4, 0.5) is 5.82 Å². The van der Waals surface area contributed by atoms with Gasteiger partial charge in [-0.15, -0.1) is 11.3 Å². The maximum Gasteiger partial charge on any atom is 0.206 e. The SMILES string of the molecule is CSc1nc(N)c(C(=O)c2ccccc2)s1. The van der Waals surface area contributed by atoms with Crippen molar-refractivity contribution in [2.75, 3.05) is 12.0 Å². The van der Waals surface area contributed by atoms with E-state index >= 15 is 0 Å². The Morgan fingerprint density at radius 1 is 1.38 bits per heavy atom. The summed E-state index contributed by atoms with van der Waals surface area (Å²) in [7, 11) is 0. The van der Waals surface area contributed by atoms with Crippen molar-refractivity contribution in [2.24, 2.45) is 0 Å². The average molecular weight is 250 g/mol. The summed E-state index contributed by atoms with van der Waals surface area (Å²) in [5, 5.41) is 0. The minimum absolute atomic E-state index is 0.0594. The molecule has 0 saturated heterocycles. The summed E-state index contributed by atoms with van der Waals surface area (Å²) < 4.78 is 0.816. The average Bonchev–Trinajstić information content (AvgIpc) is 2.71. The zero-order valence-electron chi connectivity index (χ0n) is 8.64. The molecule has 0 aliphatic rings. The molecule has 0 bridgehead atoms. The maximum absolute atomic E-state index is 12.1. The minimum atomic E-state index is -0.0594. The summed E-state index contributed by atoms with van der Waals surface area (Å²) >= 11 is 2.83. The molecule has 16 heavy (non-hydrogen) atoms. The van der Waals surface area contributed by atoms with Gasteiger partial charge in [-0.05, 0) is 6.26 Å². The predicted molar refractivity (Wildman–Crippen MR) is 68.2 cm³/mol. The lowest BCUT2D eigenvalue weighted by molar-refractivity contribution is 0.104. The first-order chi connectivity index (χ1) is 7.72. The van der Waals surface area contributed by atoms with Crippen molar-refractivity contribution in [3.63, 3.8) is 0 Å². The number of benzene rings is 1. The van der Waals surface area contributed by atoms with E-state index in [4.69, 9.17) is 5.73 Å². The molecule has 82 valence electrons. The number of anilines is 1. The van der Waals surface area contributed by atoms with Crippen LogP contribution in [0.2, 0.25) is 0 Å². The topological polar surface area (TPSA) is 56.0 Å². The lowest BCUT2D eigenvalue weighted by Gasteiger charge is -1.97. The third-order valence-electron chi connectivity index (χ3n) is 2.05. The van der Waals surface area contributed by atoms with E-state index in [9.17, 15) is 4.79 Å². The second kappa shape index (κ2) is 4.67. The van der Waals surface area contributed by atoms with Gasteiger partial charge in [0.15, 0.2) is 4.34 Å². The van der Waals surface area contributed by atoms with E-state index in [0.717, 1.165) is 4.34 Å². The van der Waals surface area contributed by atoms with Crippen molar-refractivity contribution in [1.29, 1.82) is 0 Å². The van der Waals surface area contributed by atoms with Crippen LogP contribution in [-0.4, -0.2) is 17.0 Å². The predicted octanol–water partition coefficient (Wildman–Crippen LogP) is 2.68. The highest BCUT2D eigenvalue weighted by atomic mass is 32.2. The lowest BCUT2D eigenvalue weighted by atomic mass is 10.1. The van der Waals surface area contributed by atoms with Crippen LogP contribution in [0.5, 0.6) is 0 Å². The molecule has 0 saturated carbocycles. The normalized spacial score (nSPS) is 10.3. The number of carbonyl (C=O) groups excluding carboxylic acids is 1. The Kier molecular flexibility index (Phi) is 3.26. The van der Waals surface area contributed by atoms with E-state index in [1.54, 1.807) is 12.1 Å². The summed E-state index contributed by atoms with van der Waals surface area (Å²) in [6.07, 6.45) is 1.91. The highest BCUT2D eigenvalue weighted by Crippen LogP contribution is 2.29. The van der Waals surface area contributed by atoms with Gasteiger partial charge < -0.3 is 5.73 Å². The first-order valence-corrected chi connectivity index (χ1v) is 6.66. The number of nitrogens with two attached hydrogens (primary N) is 1. The molecular formula is C11H10N2OS2. The van der Waals surface area contributed by atoms with Crippen LogP contribution in [0.15, 0.2) is 34.7 Å². The molecule has 2 rings (SSSR count). The van der Waals surface area contributed by atoms with E-state index < -0.39 is 0 Å².